The Kier molecular flexibility index (Phi) is 7.39. The number of ether oxygens (including phenoxy) is 2. The van der Waals surface area contributed by atoms with Crippen LogP contribution in [-0.4, -0.2) is 36.3 Å². The predicted octanol–water partition coefficient (Wildman–Crippen LogP) is 1.11. The molecule has 2 aromatic rings. The molecule has 0 aliphatic rings. The zero-order chi connectivity index (χ0) is 20.7. The number of methoxy groups -OCH3 is 2. The van der Waals surface area contributed by atoms with E-state index in [4.69, 9.17) is 15.2 Å². The van der Waals surface area contributed by atoms with Crippen LogP contribution in [0.2, 0.25) is 0 Å². The Hall–Kier alpha value is -3.07. The summed E-state index contributed by atoms with van der Waals surface area (Å²) in [6.45, 7) is 2.10. The standard InChI is InChI=1S/C19H26N4O5/c1-4-5-10-22-17(20)16(18(25)21-19(22)26)23(15(24)12-27-2)11-13-8-6-7-9-14(13)28-3/h6-9H,4-5,10-12,20H2,1-3H3,(H,21,25,26). The number of aromatic amines is 1. The van der Waals surface area contributed by atoms with Crippen LogP contribution in [0.25, 0.3) is 0 Å². The molecule has 28 heavy (non-hydrogen) atoms. The van der Waals surface area contributed by atoms with Gasteiger partial charge >= 0.3 is 5.69 Å². The van der Waals surface area contributed by atoms with Crippen molar-refractivity contribution in [3.05, 3.63) is 50.7 Å². The lowest BCUT2D eigenvalue weighted by molar-refractivity contribution is -0.122. The molecule has 0 unspecified atom stereocenters. The number of unbranched alkanes of at least 4 members (excludes halogenated alkanes) is 1. The number of para-hydroxylation sites is 1. The largest absolute Gasteiger partial charge is 0.496 e. The molecule has 0 fully saturated rings. The van der Waals surface area contributed by atoms with E-state index in [0.29, 0.717) is 24.3 Å². The van der Waals surface area contributed by atoms with Crippen LogP contribution in [0, 0.1) is 0 Å². The molecule has 0 saturated carbocycles. The van der Waals surface area contributed by atoms with Gasteiger partial charge in [0.05, 0.1) is 13.7 Å². The Morgan fingerprint density at radius 1 is 1.25 bits per heavy atom. The molecule has 0 aliphatic carbocycles. The van der Waals surface area contributed by atoms with Crippen LogP contribution in [0.4, 0.5) is 11.5 Å². The minimum absolute atomic E-state index is 0.0332. The number of H-pyrrole nitrogens is 1. The number of amides is 1. The number of nitrogens with zero attached hydrogens (tertiary/aromatic N) is 2. The van der Waals surface area contributed by atoms with Crippen molar-refractivity contribution in [3.8, 4) is 5.75 Å². The number of nitrogens with two attached hydrogens (primary N) is 1. The van der Waals surface area contributed by atoms with Gasteiger partial charge in [-0.2, -0.15) is 0 Å². The van der Waals surface area contributed by atoms with Gasteiger partial charge in [-0.05, 0) is 12.5 Å². The topological polar surface area (TPSA) is 120 Å². The molecule has 3 N–H and O–H groups in total. The summed E-state index contributed by atoms with van der Waals surface area (Å²) < 4.78 is 11.6. The number of hydrogen-bond acceptors (Lipinski definition) is 6. The minimum atomic E-state index is -0.727. The smallest absolute Gasteiger partial charge is 0.330 e. The molecule has 0 spiro atoms. The molecule has 0 aliphatic heterocycles. The summed E-state index contributed by atoms with van der Waals surface area (Å²) in [7, 11) is 2.90. The van der Waals surface area contributed by atoms with E-state index in [9.17, 15) is 14.4 Å². The Labute approximate surface area is 162 Å². The molecular weight excluding hydrogens is 364 g/mol. The maximum atomic E-state index is 12.7. The van der Waals surface area contributed by atoms with E-state index in [1.165, 1.54) is 23.7 Å². The van der Waals surface area contributed by atoms with Gasteiger partial charge in [-0.15, -0.1) is 0 Å². The maximum absolute atomic E-state index is 12.7. The molecule has 2 rings (SSSR count). The Balaban J connectivity index is 2.59. The quantitative estimate of drug-likeness (QED) is 0.662. The Morgan fingerprint density at radius 3 is 2.61 bits per heavy atom. The fourth-order valence-electron chi connectivity index (χ4n) is 2.87. The molecule has 1 heterocycles. The third-order valence-electron chi connectivity index (χ3n) is 4.31. The number of nitrogen functional groups attached to an aromatic ring is 1. The van der Waals surface area contributed by atoms with Gasteiger partial charge in [0.15, 0.2) is 5.69 Å². The molecule has 0 atom stereocenters. The van der Waals surface area contributed by atoms with Crippen molar-refractivity contribution in [1.82, 2.24) is 9.55 Å². The van der Waals surface area contributed by atoms with Crippen LogP contribution in [-0.2, 0) is 22.6 Å². The molecule has 1 aromatic carbocycles. The van der Waals surface area contributed by atoms with Gasteiger partial charge in [-0.25, -0.2) is 4.79 Å². The van der Waals surface area contributed by atoms with Gasteiger partial charge in [0.2, 0.25) is 0 Å². The second-order valence-electron chi connectivity index (χ2n) is 6.22. The number of anilines is 2. The van der Waals surface area contributed by atoms with Gasteiger partial charge < -0.3 is 15.2 Å². The zero-order valence-corrected chi connectivity index (χ0v) is 16.4. The van der Waals surface area contributed by atoms with Crippen molar-refractivity contribution in [2.45, 2.75) is 32.9 Å². The summed E-state index contributed by atoms with van der Waals surface area (Å²) in [5.41, 5.74) is 5.43. The van der Waals surface area contributed by atoms with E-state index in [1.54, 1.807) is 24.3 Å². The Morgan fingerprint density at radius 2 is 1.96 bits per heavy atom. The predicted molar refractivity (Wildman–Crippen MR) is 107 cm³/mol. The van der Waals surface area contributed by atoms with E-state index in [-0.39, 0.29) is 24.7 Å². The normalized spacial score (nSPS) is 10.7. The van der Waals surface area contributed by atoms with Crippen LogP contribution in [0.5, 0.6) is 5.75 Å². The lowest BCUT2D eigenvalue weighted by Crippen LogP contribution is -2.42. The SMILES string of the molecule is CCCCn1c(N)c(N(Cc2ccccc2OC)C(=O)COC)c(=O)[nH]c1=O. The van der Waals surface area contributed by atoms with E-state index < -0.39 is 17.2 Å². The average molecular weight is 390 g/mol. The first-order chi connectivity index (χ1) is 13.4. The first-order valence-electron chi connectivity index (χ1n) is 8.98. The molecule has 0 saturated heterocycles. The van der Waals surface area contributed by atoms with E-state index in [1.807, 2.05) is 6.92 Å². The number of carbonyl (C=O) groups is 1. The highest BCUT2D eigenvalue weighted by Gasteiger charge is 2.25. The third kappa shape index (κ3) is 4.61. The highest BCUT2D eigenvalue weighted by Crippen LogP contribution is 2.24. The molecule has 1 amide bonds. The summed E-state index contributed by atoms with van der Waals surface area (Å²) in [4.78, 5) is 40.9. The van der Waals surface area contributed by atoms with Gasteiger partial charge in [-0.1, -0.05) is 31.5 Å². The van der Waals surface area contributed by atoms with Crippen LogP contribution >= 0.6 is 0 Å². The third-order valence-corrected chi connectivity index (χ3v) is 4.31. The van der Waals surface area contributed by atoms with E-state index in [0.717, 1.165) is 6.42 Å². The van der Waals surface area contributed by atoms with Gasteiger partial charge in [0.25, 0.3) is 11.5 Å². The molecule has 9 heteroatoms. The van der Waals surface area contributed by atoms with Crippen molar-refractivity contribution in [1.29, 1.82) is 0 Å². The fraction of sp³-hybridized carbons (Fsp3) is 0.421. The first kappa shape index (κ1) is 21.2. The van der Waals surface area contributed by atoms with Gasteiger partial charge in [0, 0.05) is 19.2 Å². The molecule has 152 valence electrons. The highest BCUT2D eigenvalue weighted by atomic mass is 16.5. The van der Waals surface area contributed by atoms with Crippen molar-refractivity contribution in [2.75, 3.05) is 31.5 Å². The van der Waals surface area contributed by atoms with E-state index in [2.05, 4.69) is 4.98 Å². The molecule has 0 radical (unpaired) electrons. The van der Waals surface area contributed by atoms with Crippen LogP contribution in [0.15, 0.2) is 33.9 Å². The fourth-order valence-corrected chi connectivity index (χ4v) is 2.87. The average Bonchev–Trinajstić information content (AvgIpc) is 2.67. The number of rotatable bonds is 9. The Bertz CT molecular complexity index is 935. The molecule has 1 aromatic heterocycles. The number of benzene rings is 1. The first-order valence-corrected chi connectivity index (χ1v) is 8.98. The van der Waals surface area contributed by atoms with Crippen molar-refractivity contribution >= 4 is 17.4 Å². The number of carbonyl (C=O) groups excluding carboxylic acids is 1. The highest BCUT2D eigenvalue weighted by molar-refractivity contribution is 5.96. The zero-order valence-electron chi connectivity index (χ0n) is 16.4. The number of aromatic nitrogens is 2. The van der Waals surface area contributed by atoms with Gasteiger partial charge in [-0.3, -0.25) is 24.0 Å². The summed E-state index contributed by atoms with van der Waals surface area (Å²) in [5, 5.41) is 0. The lowest BCUT2D eigenvalue weighted by atomic mass is 10.1. The number of nitrogens with one attached hydrogen (secondary N) is 1. The van der Waals surface area contributed by atoms with Crippen molar-refractivity contribution < 1.29 is 14.3 Å². The second-order valence-corrected chi connectivity index (χ2v) is 6.22. The monoisotopic (exact) mass is 390 g/mol. The van der Waals surface area contributed by atoms with Crippen LogP contribution < -0.4 is 26.6 Å². The van der Waals surface area contributed by atoms with E-state index >= 15 is 0 Å². The lowest BCUT2D eigenvalue weighted by Gasteiger charge is -2.25. The minimum Gasteiger partial charge on any atom is -0.496 e. The summed E-state index contributed by atoms with van der Waals surface area (Å²) >= 11 is 0. The van der Waals surface area contributed by atoms with Crippen LogP contribution in [0.1, 0.15) is 25.3 Å². The molecule has 0 bridgehead atoms. The van der Waals surface area contributed by atoms with Crippen molar-refractivity contribution in [3.63, 3.8) is 0 Å². The number of hydrogen-bond donors (Lipinski definition) is 2. The maximum Gasteiger partial charge on any atom is 0.330 e. The van der Waals surface area contributed by atoms with Crippen LogP contribution in [0.3, 0.4) is 0 Å². The molecule has 9 nitrogen and oxygen atoms in total. The van der Waals surface area contributed by atoms with Crippen molar-refractivity contribution in [2.24, 2.45) is 0 Å². The molecular formula is C19H26N4O5. The summed E-state index contributed by atoms with van der Waals surface area (Å²) in [6.07, 6.45) is 1.54. The summed E-state index contributed by atoms with van der Waals surface area (Å²) in [6, 6.07) is 7.13. The second kappa shape index (κ2) is 9.75. The van der Waals surface area contributed by atoms with Gasteiger partial charge in [0.1, 0.15) is 18.2 Å². The summed E-state index contributed by atoms with van der Waals surface area (Å²) in [5.74, 6) is 0.0415.